The molecule has 1 rings (SSSR count). The standard InChI is InChI=1S/C8H9ClF3N3O2/c9-4-6(16)13-3-1-2-5-14-7(17-15-5)8(10,11)12/h1-4H2,(H,13,16). The molecule has 1 aromatic rings. The van der Waals surface area contributed by atoms with Gasteiger partial charge in [-0.3, -0.25) is 4.79 Å². The van der Waals surface area contributed by atoms with E-state index in [0.29, 0.717) is 13.0 Å². The van der Waals surface area contributed by atoms with Crippen LogP contribution in [0.25, 0.3) is 0 Å². The largest absolute Gasteiger partial charge is 0.471 e. The second-order valence-electron chi connectivity index (χ2n) is 3.10. The fraction of sp³-hybridized carbons (Fsp3) is 0.625. The van der Waals surface area contributed by atoms with E-state index in [1.165, 1.54) is 0 Å². The third-order valence-corrected chi connectivity index (χ3v) is 1.97. The molecular formula is C8H9ClF3N3O2. The van der Waals surface area contributed by atoms with E-state index in [2.05, 4.69) is 20.0 Å². The monoisotopic (exact) mass is 271 g/mol. The molecule has 0 atom stereocenters. The number of amides is 1. The Kier molecular flexibility index (Phi) is 4.73. The van der Waals surface area contributed by atoms with Crippen LogP contribution in [0.5, 0.6) is 0 Å². The van der Waals surface area contributed by atoms with E-state index in [0.717, 1.165) is 0 Å². The number of halogens is 4. The third-order valence-electron chi connectivity index (χ3n) is 1.73. The Balaban J connectivity index is 2.33. The third kappa shape index (κ3) is 4.59. The molecule has 0 saturated heterocycles. The molecule has 96 valence electrons. The molecule has 0 aliphatic heterocycles. The highest BCUT2D eigenvalue weighted by atomic mass is 35.5. The van der Waals surface area contributed by atoms with Crippen LogP contribution in [0.1, 0.15) is 18.1 Å². The molecule has 17 heavy (non-hydrogen) atoms. The Labute approximate surface area is 99.3 Å². The number of hydrogen-bond acceptors (Lipinski definition) is 4. The lowest BCUT2D eigenvalue weighted by atomic mass is 10.3. The van der Waals surface area contributed by atoms with E-state index in [-0.39, 0.29) is 24.0 Å². The van der Waals surface area contributed by atoms with E-state index < -0.39 is 12.1 Å². The van der Waals surface area contributed by atoms with E-state index in [4.69, 9.17) is 11.6 Å². The lowest BCUT2D eigenvalue weighted by Crippen LogP contribution is -2.25. The smallest absolute Gasteiger partial charge is 0.355 e. The van der Waals surface area contributed by atoms with E-state index in [9.17, 15) is 18.0 Å². The highest BCUT2D eigenvalue weighted by Crippen LogP contribution is 2.27. The van der Waals surface area contributed by atoms with Crippen LogP contribution in [0.15, 0.2) is 4.52 Å². The normalized spacial score (nSPS) is 11.5. The Bertz CT molecular complexity index is 380. The molecule has 1 amide bonds. The van der Waals surface area contributed by atoms with Crippen LogP contribution in [0.3, 0.4) is 0 Å². The van der Waals surface area contributed by atoms with Crippen molar-refractivity contribution in [1.29, 1.82) is 0 Å². The van der Waals surface area contributed by atoms with Crippen molar-refractivity contribution >= 4 is 17.5 Å². The molecule has 0 bridgehead atoms. The number of alkyl halides is 4. The van der Waals surface area contributed by atoms with Gasteiger partial charge in [-0.2, -0.15) is 18.2 Å². The zero-order valence-corrected chi connectivity index (χ0v) is 9.31. The number of rotatable bonds is 5. The topological polar surface area (TPSA) is 68.0 Å². The SMILES string of the molecule is O=C(CCl)NCCCc1noc(C(F)(F)F)n1. The number of hydrogen-bond donors (Lipinski definition) is 1. The maximum Gasteiger partial charge on any atom is 0.471 e. The maximum atomic E-state index is 12.1. The van der Waals surface area contributed by atoms with Crippen LogP contribution in [0, 0.1) is 0 Å². The van der Waals surface area contributed by atoms with Crippen LogP contribution in [0.2, 0.25) is 0 Å². The van der Waals surface area contributed by atoms with Crippen LogP contribution >= 0.6 is 11.6 Å². The summed E-state index contributed by atoms with van der Waals surface area (Å²) in [7, 11) is 0. The summed E-state index contributed by atoms with van der Waals surface area (Å²) in [5, 5.41) is 5.63. The zero-order chi connectivity index (χ0) is 12.9. The van der Waals surface area contributed by atoms with Crippen molar-refractivity contribution in [3.8, 4) is 0 Å². The minimum absolute atomic E-state index is 0.0440. The van der Waals surface area contributed by atoms with Gasteiger partial charge in [0.15, 0.2) is 5.82 Å². The fourth-order valence-electron chi connectivity index (χ4n) is 0.992. The van der Waals surface area contributed by atoms with Gasteiger partial charge in [0.2, 0.25) is 5.91 Å². The number of carbonyl (C=O) groups is 1. The second-order valence-corrected chi connectivity index (χ2v) is 3.37. The van der Waals surface area contributed by atoms with Crippen LogP contribution in [0.4, 0.5) is 13.2 Å². The summed E-state index contributed by atoms with van der Waals surface area (Å²) < 4.78 is 40.3. The molecule has 5 nitrogen and oxygen atoms in total. The van der Waals surface area contributed by atoms with Gasteiger partial charge < -0.3 is 9.84 Å². The lowest BCUT2D eigenvalue weighted by Gasteiger charge is -2.00. The molecule has 0 aromatic carbocycles. The molecular weight excluding hydrogens is 263 g/mol. The van der Waals surface area contributed by atoms with Gasteiger partial charge in [0.1, 0.15) is 5.88 Å². The zero-order valence-electron chi connectivity index (χ0n) is 8.55. The first-order valence-corrected chi connectivity index (χ1v) is 5.19. The summed E-state index contributed by atoms with van der Waals surface area (Å²) in [6, 6.07) is 0. The van der Waals surface area contributed by atoms with Gasteiger partial charge >= 0.3 is 12.1 Å². The second kappa shape index (κ2) is 5.85. The average molecular weight is 272 g/mol. The quantitative estimate of drug-likeness (QED) is 0.649. The van der Waals surface area contributed by atoms with Crippen LogP contribution in [-0.4, -0.2) is 28.5 Å². The predicted octanol–water partition coefficient (Wildman–Crippen LogP) is 1.38. The maximum absolute atomic E-state index is 12.1. The van der Waals surface area contributed by atoms with Crippen LogP contribution < -0.4 is 5.32 Å². The number of nitrogens with zero attached hydrogens (tertiary/aromatic N) is 2. The van der Waals surface area contributed by atoms with Gasteiger partial charge in [0.05, 0.1) is 0 Å². The van der Waals surface area contributed by atoms with Crippen molar-refractivity contribution in [2.75, 3.05) is 12.4 Å². The van der Waals surface area contributed by atoms with Gasteiger partial charge in [-0.25, -0.2) is 0 Å². The average Bonchev–Trinajstić information content (AvgIpc) is 2.72. The first-order chi connectivity index (χ1) is 7.93. The molecule has 1 N–H and O–H groups in total. The van der Waals surface area contributed by atoms with Gasteiger partial charge in [0, 0.05) is 13.0 Å². The summed E-state index contributed by atoms with van der Waals surface area (Å²) in [5.74, 6) is -1.90. The van der Waals surface area contributed by atoms with Crippen molar-refractivity contribution in [2.45, 2.75) is 19.0 Å². The van der Waals surface area contributed by atoms with E-state index >= 15 is 0 Å². The fourth-order valence-corrected chi connectivity index (χ4v) is 1.09. The van der Waals surface area contributed by atoms with Gasteiger partial charge in [-0.1, -0.05) is 5.16 Å². The molecule has 0 aliphatic rings. The summed E-state index contributed by atoms with van der Waals surface area (Å²) in [5.41, 5.74) is 0. The number of nitrogens with one attached hydrogen (secondary N) is 1. The van der Waals surface area contributed by atoms with E-state index in [1.54, 1.807) is 0 Å². The van der Waals surface area contributed by atoms with Gasteiger partial charge in [-0.15, -0.1) is 11.6 Å². The summed E-state index contributed by atoms with van der Waals surface area (Å²) in [6.07, 6.45) is -4.04. The van der Waals surface area contributed by atoms with Crippen molar-refractivity contribution in [2.24, 2.45) is 0 Å². The Morgan fingerprint density at radius 1 is 1.47 bits per heavy atom. The Morgan fingerprint density at radius 3 is 2.71 bits per heavy atom. The first-order valence-electron chi connectivity index (χ1n) is 4.66. The molecule has 0 spiro atoms. The molecule has 0 radical (unpaired) electrons. The molecule has 0 fully saturated rings. The molecule has 0 unspecified atom stereocenters. The Morgan fingerprint density at radius 2 is 2.18 bits per heavy atom. The van der Waals surface area contributed by atoms with Crippen molar-refractivity contribution < 1.29 is 22.5 Å². The molecule has 0 aliphatic carbocycles. The number of aromatic nitrogens is 2. The lowest BCUT2D eigenvalue weighted by molar-refractivity contribution is -0.159. The number of aryl methyl sites for hydroxylation is 1. The summed E-state index contributed by atoms with van der Waals surface area (Å²) in [6.45, 7) is 0.293. The molecule has 9 heteroatoms. The highest BCUT2D eigenvalue weighted by Gasteiger charge is 2.38. The first kappa shape index (κ1) is 13.8. The summed E-state index contributed by atoms with van der Waals surface area (Å²) in [4.78, 5) is 13.9. The van der Waals surface area contributed by atoms with Crippen LogP contribution in [-0.2, 0) is 17.4 Å². The predicted molar refractivity (Wildman–Crippen MR) is 51.4 cm³/mol. The van der Waals surface area contributed by atoms with E-state index in [1.807, 2.05) is 0 Å². The van der Waals surface area contributed by atoms with Gasteiger partial charge in [0.25, 0.3) is 0 Å². The van der Waals surface area contributed by atoms with Gasteiger partial charge in [-0.05, 0) is 6.42 Å². The number of carbonyl (C=O) groups excluding carboxylic acids is 1. The molecule has 0 saturated carbocycles. The molecule has 1 aromatic heterocycles. The minimum Gasteiger partial charge on any atom is -0.355 e. The Hall–Kier alpha value is -1.31. The van der Waals surface area contributed by atoms with Crippen molar-refractivity contribution in [3.63, 3.8) is 0 Å². The van der Waals surface area contributed by atoms with Crippen molar-refractivity contribution in [1.82, 2.24) is 15.5 Å². The minimum atomic E-state index is -4.63. The molecule has 1 heterocycles. The van der Waals surface area contributed by atoms with Crippen molar-refractivity contribution in [3.05, 3.63) is 11.7 Å². The summed E-state index contributed by atoms with van der Waals surface area (Å²) >= 11 is 5.22. The highest BCUT2D eigenvalue weighted by molar-refractivity contribution is 6.27.